The number of methoxy groups -OCH3 is 6. The highest BCUT2D eigenvalue weighted by Gasteiger charge is 2.88. The maximum Gasteiger partial charge on any atom is 0.339 e. The Morgan fingerprint density at radius 2 is 0.528 bits per heavy atom. The maximum atomic E-state index is 16.7. The van der Waals surface area contributed by atoms with Crippen LogP contribution < -0.4 is 28.4 Å². The van der Waals surface area contributed by atoms with Gasteiger partial charge >= 0.3 is 17.9 Å². The van der Waals surface area contributed by atoms with Crippen molar-refractivity contribution in [1.29, 1.82) is 0 Å². The van der Waals surface area contributed by atoms with E-state index in [0.717, 1.165) is 36.4 Å². The summed E-state index contributed by atoms with van der Waals surface area (Å²) in [5, 5.41) is 38.5. The Morgan fingerprint density at radius 3 is 0.764 bits per heavy atom. The molecule has 2 unspecified atom stereocenters. The van der Waals surface area contributed by atoms with Gasteiger partial charge in [0, 0.05) is 16.7 Å². The quantitative estimate of drug-likeness (QED) is 0.0541. The first-order valence-corrected chi connectivity index (χ1v) is 21.8. The molecule has 1 aliphatic rings. The molecule has 18 heteroatoms. The summed E-state index contributed by atoms with van der Waals surface area (Å²) in [6.45, 7) is 0. The molecule has 72 heavy (non-hydrogen) atoms. The van der Waals surface area contributed by atoms with Crippen molar-refractivity contribution in [2.24, 2.45) is 0 Å². The van der Waals surface area contributed by atoms with E-state index < -0.39 is 92.6 Å². The molecule has 7 rings (SSSR count). The third-order valence-electron chi connectivity index (χ3n) is 12.3. The van der Waals surface area contributed by atoms with Crippen molar-refractivity contribution in [1.82, 2.24) is 0 Å². The second-order valence-corrected chi connectivity index (χ2v) is 16.1. The number of rotatable bonds is 18. The summed E-state index contributed by atoms with van der Waals surface area (Å²) in [5.41, 5.74) is -15.0. The van der Waals surface area contributed by atoms with Gasteiger partial charge in [0.25, 0.3) is 16.8 Å². The highest BCUT2D eigenvalue weighted by molar-refractivity contribution is 6.21. The van der Waals surface area contributed by atoms with Crippen molar-refractivity contribution in [3.8, 4) is 34.5 Å². The second kappa shape index (κ2) is 21.2. The number of hydrogen-bond donors (Lipinski definition) is 3. The lowest BCUT2D eigenvalue weighted by Crippen LogP contribution is -2.91. The van der Waals surface area contributed by atoms with Crippen LogP contribution in [0.1, 0.15) is 62.1 Å². The van der Waals surface area contributed by atoms with Crippen molar-refractivity contribution in [3.63, 3.8) is 0 Å². The average Bonchev–Trinajstić information content (AvgIpc) is 3.43. The van der Waals surface area contributed by atoms with Crippen molar-refractivity contribution in [3.05, 3.63) is 179 Å². The van der Waals surface area contributed by atoms with Crippen LogP contribution in [-0.4, -0.2) is 128 Å². The molecule has 372 valence electrons. The number of hydrogen-bond acceptors (Lipinski definition) is 18. The zero-order chi connectivity index (χ0) is 52.0. The van der Waals surface area contributed by atoms with Crippen LogP contribution in [0.5, 0.6) is 34.5 Å². The molecule has 1 fully saturated rings. The first kappa shape index (κ1) is 51.3. The number of ether oxygens (including phenoxy) is 9. The molecule has 0 aromatic heterocycles. The van der Waals surface area contributed by atoms with E-state index in [1.807, 2.05) is 0 Å². The predicted octanol–water partition coefficient (Wildman–Crippen LogP) is 5.57. The molecule has 0 saturated heterocycles. The molecule has 1 saturated carbocycles. The van der Waals surface area contributed by atoms with Crippen LogP contribution in [0.4, 0.5) is 0 Å². The first-order chi connectivity index (χ1) is 34.6. The number of carbonyl (C=O) groups is 6. The molecule has 18 nitrogen and oxygen atoms in total. The molecular formula is C54H48O18. The van der Waals surface area contributed by atoms with Crippen molar-refractivity contribution < 1.29 is 86.7 Å². The monoisotopic (exact) mass is 984 g/mol. The zero-order valence-corrected chi connectivity index (χ0v) is 39.6. The molecule has 6 aromatic carbocycles. The number of carbonyl (C=O) groups excluding carboxylic acids is 6. The predicted molar refractivity (Wildman–Crippen MR) is 253 cm³/mol. The minimum atomic E-state index is -4.16. The van der Waals surface area contributed by atoms with Crippen LogP contribution in [0.15, 0.2) is 146 Å². The van der Waals surface area contributed by atoms with Crippen molar-refractivity contribution in [2.75, 3.05) is 42.7 Å². The Hall–Kier alpha value is -8.58. The van der Waals surface area contributed by atoms with E-state index in [4.69, 9.17) is 42.6 Å². The number of aliphatic hydroxyl groups excluding tert-OH is 3. The Kier molecular flexibility index (Phi) is 15.1. The summed E-state index contributed by atoms with van der Waals surface area (Å²) >= 11 is 0. The van der Waals surface area contributed by atoms with Gasteiger partial charge in [-0.05, 0) is 146 Å². The van der Waals surface area contributed by atoms with Gasteiger partial charge in [0.15, 0.2) is 0 Å². The van der Waals surface area contributed by atoms with Gasteiger partial charge in [-0.15, -0.1) is 0 Å². The van der Waals surface area contributed by atoms with Crippen LogP contribution in [0, 0.1) is 0 Å². The topological polar surface area (TPSA) is 246 Å². The molecule has 0 spiro atoms. The Bertz CT molecular complexity index is 2800. The van der Waals surface area contributed by atoms with E-state index in [-0.39, 0.29) is 45.6 Å². The minimum absolute atomic E-state index is 0.160. The van der Waals surface area contributed by atoms with E-state index in [9.17, 15) is 15.3 Å². The lowest BCUT2D eigenvalue weighted by Gasteiger charge is -2.60. The standard InChI is InChI=1S/C54H48O18/c1-64-37-19-7-31(8-20-37)44(56)52(70-49(61)34-13-25-40(67-4)26-14-34)47(59)43(55)48(60)53(45(57)32-9-21-38(65-2)22-10-32,71-50(62)35-15-27-41(68-5)28-16-35)54(52,46(58)33-11-23-39(66-3)24-12-33)72-51(63)36-17-29-42(69-6)30-18-36/h7-30,43,47-48,55,59-60H,1-6H3/t43?,47-,48+,52+,53-,54?. The number of aliphatic hydroxyl groups is 3. The van der Waals surface area contributed by atoms with Gasteiger partial charge in [-0.2, -0.15) is 0 Å². The van der Waals surface area contributed by atoms with Crippen LogP contribution >= 0.6 is 0 Å². The number of ketones is 3. The second-order valence-electron chi connectivity index (χ2n) is 16.1. The average molecular weight is 985 g/mol. The summed E-state index contributed by atoms with van der Waals surface area (Å²) in [5.74, 6) is -8.35. The van der Waals surface area contributed by atoms with Crippen LogP contribution in [0.3, 0.4) is 0 Å². The van der Waals surface area contributed by atoms with Crippen LogP contribution in [0.25, 0.3) is 0 Å². The molecule has 0 heterocycles. The van der Waals surface area contributed by atoms with Gasteiger partial charge in [0.2, 0.25) is 17.3 Å². The van der Waals surface area contributed by atoms with Gasteiger partial charge in [-0.25, -0.2) is 14.4 Å². The normalized spacial score (nSPS) is 21.2. The summed E-state index contributed by atoms with van der Waals surface area (Å²) in [7, 11) is 8.01. The zero-order valence-electron chi connectivity index (χ0n) is 39.6. The minimum Gasteiger partial charge on any atom is -0.497 e. The summed E-state index contributed by atoms with van der Waals surface area (Å²) in [6.07, 6.45) is -9.03. The lowest BCUT2D eigenvalue weighted by atomic mass is 9.52. The highest BCUT2D eigenvalue weighted by atomic mass is 16.7. The first-order valence-electron chi connectivity index (χ1n) is 21.8. The SMILES string of the molecule is COc1ccc(C(=O)OC2(C(=O)c3ccc(OC)cc3)[C@@](OC(=O)c3ccc(OC)cc3)(C(=O)c3ccc(OC)cc3)[C@@H](O)C(O)[C@@H](O)[C@@]2(OC(=O)c2ccc(OC)cc2)C(=O)c2ccc(OC)cc2)cc1. The molecule has 1 aliphatic carbocycles. The van der Waals surface area contributed by atoms with Gasteiger partial charge < -0.3 is 58.0 Å². The molecular weight excluding hydrogens is 937 g/mol. The highest BCUT2D eigenvalue weighted by Crippen LogP contribution is 2.56. The smallest absolute Gasteiger partial charge is 0.339 e. The van der Waals surface area contributed by atoms with Crippen molar-refractivity contribution >= 4 is 35.3 Å². The molecule has 0 amide bonds. The largest absolute Gasteiger partial charge is 0.497 e. The third-order valence-corrected chi connectivity index (χ3v) is 12.3. The molecule has 6 aromatic rings. The van der Waals surface area contributed by atoms with E-state index >= 15 is 28.8 Å². The van der Waals surface area contributed by atoms with Gasteiger partial charge in [0.05, 0.1) is 59.3 Å². The summed E-state index contributed by atoms with van der Waals surface area (Å²) < 4.78 is 50.9. The van der Waals surface area contributed by atoms with Crippen molar-refractivity contribution in [2.45, 2.75) is 35.1 Å². The van der Waals surface area contributed by atoms with Gasteiger partial charge in [-0.1, -0.05) is 0 Å². The summed E-state index contributed by atoms with van der Waals surface area (Å²) in [6, 6.07) is 29.4. The fourth-order valence-electron chi connectivity index (χ4n) is 8.48. The van der Waals surface area contributed by atoms with Gasteiger partial charge in [0.1, 0.15) is 52.8 Å². The van der Waals surface area contributed by atoms with E-state index in [0.29, 0.717) is 0 Å². The molecule has 0 bridgehead atoms. The Labute approximate surface area is 412 Å². The number of Topliss-reactive ketones (excluding diaryl/α,β-unsaturated/α-hetero) is 3. The maximum absolute atomic E-state index is 16.7. The molecule has 0 radical (unpaired) electrons. The van der Waals surface area contributed by atoms with E-state index in [1.54, 1.807) is 0 Å². The fraction of sp³-hybridized carbons (Fsp3) is 0.222. The van der Waals surface area contributed by atoms with Crippen LogP contribution in [0.2, 0.25) is 0 Å². The number of benzene rings is 6. The van der Waals surface area contributed by atoms with E-state index in [2.05, 4.69) is 0 Å². The fourth-order valence-corrected chi connectivity index (χ4v) is 8.48. The molecule has 0 aliphatic heterocycles. The van der Waals surface area contributed by atoms with Gasteiger partial charge in [-0.3, -0.25) is 14.4 Å². The Morgan fingerprint density at radius 1 is 0.319 bits per heavy atom. The Balaban J connectivity index is 1.72. The lowest BCUT2D eigenvalue weighted by molar-refractivity contribution is -0.293. The van der Waals surface area contributed by atoms with E-state index in [1.165, 1.54) is 152 Å². The summed E-state index contributed by atoms with van der Waals surface area (Å²) in [4.78, 5) is 94.8. The molecule has 3 N–H and O–H groups in total. The third kappa shape index (κ3) is 8.93. The van der Waals surface area contributed by atoms with Crippen LogP contribution in [-0.2, 0) is 14.2 Å². The molecule has 6 atom stereocenters. The number of esters is 3.